The van der Waals surface area contributed by atoms with E-state index in [0.717, 1.165) is 37.4 Å². The molecular weight excluding hydrogens is 214 g/mol. The van der Waals surface area contributed by atoms with E-state index in [9.17, 15) is 4.79 Å². The number of aromatic nitrogens is 2. The van der Waals surface area contributed by atoms with Gasteiger partial charge in [-0.15, -0.1) is 0 Å². The Kier molecular flexibility index (Phi) is 3.94. The van der Waals surface area contributed by atoms with E-state index in [-0.39, 0.29) is 0 Å². The van der Waals surface area contributed by atoms with Gasteiger partial charge in [0.05, 0.1) is 5.69 Å². The Morgan fingerprint density at radius 1 is 1.65 bits per heavy atom. The number of Topliss-reactive ketones (excluding diaryl/α,β-unsaturated/α-hetero) is 1. The van der Waals surface area contributed by atoms with Gasteiger partial charge in [-0.25, -0.2) is 0 Å². The molecule has 0 amide bonds. The van der Waals surface area contributed by atoms with Gasteiger partial charge in [-0.3, -0.25) is 9.48 Å². The van der Waals surface area contributed by atoms with Crippen LogP contribution in [0.3, 0.4) is 0 Å². The van der Waals surface area contributed by atoms with E-state index in [1.807, 2.05) is 17.7 Å². The van der Waals surface area contributed by atoms with Crippen molar-refractivity contribution in [3.05, 3.63) is 17.5 Å². The van der Waals surface area contributed by atoms with Crippen molar-refractivity contribution in [3.8, 4) is 0 Å². The average molecular weight is 235 g/mol. The Labute approximate surface area is 102 Å². The molecule has 2 rings (SSSR count). The zero-order chi connectivity index (χ0) is 12.3. The second-order valence-corrected chi connectivity index (χ2v) is 4.87. The highest BCUT2D eigenvalue weighted by Crippen LogP contribution is 2.14. The lowest BCUT2D eigenvalue weighted by Crippen LogP contribution is -2.15. The van der Waals surface area contributed by atoms with Crippen LogP contribution < -0.4 is 5.32 Å². The number of hydrogen-bond donors (Lipinski definition) is 1. The Hall–Kier alpha value is -1.16. The van der Waals surface area contributed by atoms with Crippen LogP contribution in [0.15, 0.2) is 6.07 Å². The first-order valence-electron chi connectivity index (χ1n) is 6.44. The lowest BCUT2D eigenvalue weighted by molar-refractivity contribution is -0.119. The summed E-state index contributed by atoms with van der Waals surface area (Å²) >= 11 is 0. The predicted molar refractivity (Wildman–Crippen MR) is 66.9 cm³/mol. The van der Waals surface area contributed by atoms with E-state index < -0.39 is 0 Å². The van der Waals surface area contributed by atoms with Crippen LogP contribution >= 0.6 is 0 Å². The topological polar surface area (TPSA) is 46.9 Å². The highest BCUT2D eigenvalue weighted by Gasteiger charge is 2.19. The Morgan fingerprint density at radius 2 is 2.47 bits per heavy atom. The van der Waals surface area contributed by atoms with Crippen LogP contribution in [0, 0.1) is 12.8 Å². The summed E-state index contributed by atoms with van der Waals surface area (Å²) in [7, 11) is 0. The van der Waals surface area contributed by atoms with E-state index >= 15 is 0 Å². The first-order valence-corrected chi connectivity index (χ1v) is 6.44. The van der Waals surface area contributed by atoms with Gasteiger partial charge in [-0.1, -0.05) is 0 Å². The van der Waals surface area contributed by atoms with Crippen molar-refractivity contribution in [2.75, 3.05) is 13.1 Å². The second kappa shape index (κ2) is 5.45. The van der Waals surface area contributed by atoms with Gasteiger partial charge in [-0.2, -0.15) is 5.10 Å². The van der Waals surface area contributed by atoms with Gasteiger partial charge in [0.2, 0.25) is 0 Å². The molecule has 1 N–H and O–H groups in total. The van der Waals surface area contributed by atoms with E-state index in [1.165, 1.54) is 0 Å². The van der Waals surface area contributed by atoms with Crippen molar-refractivity contribution in [2.24, 2.45) is 5.92 Å². The molecule has 0 saturated carbocycles. The van der Waals surface area contributed by atoms with Crippen LogP contribution in [0.25, 0.3) is 0 Å². The van der Waals surface area contributed by atoms with Crippen LogP contribution in [0.4, 0.5) is 0 Å². The zero-order valence-corrected chi connectivity index (χ0v) is 10.7. The Bertz CT molecular complexity index is 391. The molecule has 2 heterocycles. The summed E-state index contributed by atoms with van der Waals surface area (Å²) in [6.07, 6.45) is 2.38. The summed E-state index contributed by atoms with van der Waals surface area (Å²) in [4.78, 5) is 12.0. The molecule has 1 fully saturated rings. The summed E-state index contributed by atoms with van der Waals surface area (Å²) in [5.74, 6) is 0.884. The number of carbonyl (C=O) groups excluding carboxylic acids is 1. The summed E-state index contributed by atoms with van der Waals surface area (Å²) in [5, 5.41) is 7.66. The summed E-state index contributed by atoms with van der Waals surface area (Å²) in [5.41, 5.74) is 2.05. The van der Waals surface area contributed by atoms with Gasteiger partial charge in [0.15, 0.2) is 0 Å². The maximum Gasteiger partial charge on any atom is 0.139 e. The maximum absolute atomic E-state index is 12.0. The number of nitrogens with one attached hydrogen (secondary N) is 1. The fraction of sp³-hybridized carbons (Fsp3) is 0.692. The predicted octanol–water partition coefficient (Wildman–Crippen LogP) is 1.32. The molecule has 1 unspecified atom stereocenters. The fourth-order valence-corrected chi connectivity index (χ4v) is 2.50. The number of carbonyl (C=O) groups is 1. The largest absolute Gasteiger partial charge is 0.316 e. The van der Waals surface area contributed by atoms with Gasteiger partial charge in [-0.05, 0) is 45.3 Å². The van der Waals surface area contributed by atoms with Crippen molar-refractivity contribution in [3.63, 3.8) is 0 Å². The summed E-state index contributed by atoms with van der Waals surface area (Å²) in [6.45, 7) is 6.92. The Morgan fingerprint density at radius 3 is 3.12 bits per heavy atom. The highest BCUT2D eigenvalue weighted by atomic mass is 16.1. The third-order valence-electron chi connectivity index (χ3n) is 3.34. The maximum atomic E-state index is 12.0. The van der Waals surface area contributed by atoms with Gasteiger partial charge >= 0.3 is 0 Å². The molecule has 94 valence electrons. The third kappa shape index (κ3) is 3.16. The molecule has 1 aliphatic heterocycles. The number of nitrogens with zero attached hydrogens (tertiary/aromatic N) is 2. The molecule has 0 aromatic carbocycles. The third-order valence-corrected chi connectivity index (χ3v) is 3.34. The first kappa shape index (κ1) is 12.3. The van der Waals surface area contributed by atoms with Gasteiger partial charge in [0.25, 0.3) is 0 Å². The van der Waals surface area contributed by atoms with Crippen molar-refractivity contribution < 1.29 is 4.79 Å². The van der Waals surface area contributed by atoms with Crippen LogP contribution in [-0.2, 0) is 17.8 Å². The summed E-state index contributed by atoms with van der Waals surface area (Å²) < 4.78 is 1.93. The second-order valence-electron chi connectivity index (χ2n) is 4.87. The monoisotopic (exact) mass is 235 g/mol. The van der Waals surface area contributed by atoms with Crippen molar-refractivity contribution in [1.29, 1.82) is 0 Å². The normalized spacial score (nSPS) is 19.8. The standard InChI is InChI=1S/C13H21N3O/c1-3-16-12(6-10(2)15-16)8-13(17)7-11-4-5-14-9-11/h6,11,14H,3-5,7-9H2,1-2H3. The Balaban J connectivity index is 1.92. The van der Waals surface area contributed by atoms with Gasteiger partial charge in [0.1, 0.15) is 5.78 Å². The van der Waals surface area contributed by atoms with Crippen molar-refractivity contribution in [1.82, 2.24) is 15.1 Å². The van der Waals surface area contributed by atoms with E-state index in [1.54, 1.807) is 0 Å². The van der Waals surface area contributed by atoms with Crippen molar-refractivity contribution >= 4 is 5.78 Å². The van der Waals surface area contributed by atoms with E-state index in [0.29, 0.717) is 24.5 Å². The molecule has 0 radical (unpaired) electrons. The molecule has 4 heteroatoms. The van der Waals surface area contributed by atoms with Crippen LogP contribution in [-0.4, -0.2) is 28.7 Å². The smallest absolute Gasteiger partial charge is 0.139 e. The molecule has 0 aliphatic carbocycles. The number of hydrogen-bond acceptors (Lipinski definition) is 3. The minimum atomic E-state index is 0.341. The van der Waals surface area contributed by atoms with E-state index in [4.69, 9.17) is 0 Å². The van der Waals surface area contributed by atoms with Crippen molar-refractivity contribution in [2.45, 2.75) is 39.7 Å². The number of aryl methyl sites for hydroxylation is 2. The van der Waals surface area contributed by atoms with Crippen LogP contribution in [0.1, 0.15) is 31.2 Å². The van der Waals surface area contributed by atoms with E-state index in [2.05, 4.69) is 17.3 Å². The molecular formula is C13H21N3O. The average Bonchev–Trinajstić information content (AvgIpc) is 2.88. The molecule has 0 spiro atoms. The van der Waals surface area contributed by atoms with Gasteiger partial charge in [0, 0.05) is 25.1 Å². The zero-order valence-electron chi connectivity index (χ0n) is 10.7. The number of rotatable bonds is 5. The highest BCUT2D eigenvalue weighted by molar-refractivity contribution is 5.80. The molecule has 1 atom stereocenters. The molecule has 4 nitrogen and oxygen atoms in total. The molecule has 1 saturated heterocycles. The molecule has 17 heavy (non-hydrogen) atoms. The summed E-state index contributed by atoms with van der Waals surface area (Å²) in [6, 6.07) is 2.02. The minimum Gasteiger partial charge on any atom is -0.316 e. The molecule has 1 aromatic heterocycles. The lowest BCUT2D eigenvalue weighted by Gasteiger charge is -2.07. The van der Waals surface area contributed by atoms with Crippen LogP contribution in [0.5, 0.6) is 0 Å². The first-order chi connectivity index (χ1) is 8.19. The molecule has 1 aromatic rings. The molecule has 1 aliphatic rings. The van der Waals surface area contributed by atoms with Gasteiger partial charge < -0.3 is 5.32 Å². The van der Waals surface area contributed by atoms with Crippen LogP contribution in [0.2, 0.25) is 0 Å². The SMILES string of the molecule is CCn1nc(C)cc1CC(=O)CC1CCNC1. The molecule has 0 bridgehead atoms. The quantitative estimate of drug-likeness (QED) is 0.837. The fourth-order valence-electron chi connectivity index (χ4n) is 2.50. The number of ketones is 1. The lowest BCUT2D eigenvalue weighted by atomic mass is 9.99. The minimum absolute atomic E-state index is 0.341.